The lowest BCUT2D eigenvalue weighted by atomic mass is 9.99. The van der Waals surface area contributed by atoms with Gasteiger partial charge in [0.15, 0.2) is 17.4 Å². The fourth-order valence-electron chi connectivity index (χ4n) is 3.92. The molecular formula is C24H21N5O3. The number of para-hydroxylation sites is 2. The summed E-state index contributed by atoms with van der Waals surface area (Å²) < 4.78 is 5.96. The second kappa shape index (κ2) is 8.22. The molecule has 0 amide bonds. The number of imidazole rings is 1. The molecule has 0 radical (unpaired) electrons. The van der Waals surface area contributed by atoms with Gasteiger partial charge in [-0.15, -0.1) is 0 Å². The Morgan fingerprint density at radius 3 is 2.66 bits per heavy atom. The van der Waals surface area contributed by atoms with Gasteiger partial charge in [-0.3, -0.25) is 9.59 Å². The van der Waals surface area contributed by atoms with Crippen LogP contribution in [0.15, 0.2) is 60.9 Å². The van der Waals surface area contributed by atoms with Crippen molar-refractivity contribution in [3.8, 4) is 11.6 Å². The lowest BCUT2D eigenvalue weighted by Crippen LogP contribution is -2.40. The molecule has 4 aromatic rings. The second-order valence-electron chi connectivity index (χ2n) is 7.97. The molecule has 1 saturated heterocycles. The number of hydrogen-bond acceptors (Lipinski definition) is 7. The third-order valence-electron chi connectivity index (χ3n) is 5.36. The Kier molecular flexibility index (Phi) is 5.10. The van der Waals surface area contributed by atoms with Gasteiger partial charge in [0.25, 0.3) is 5.88 Å². The fraction of sp³-hybridized carbons (Fsp3) is 0.208. The van der Waals surface area contributed by atoms with E-state index < -0.39 is 0 Å². The van der Waals surface area contributed by atoms with Crippen LogP contribution in [0.1, 0.15) is 29.5 Å². The van der Waals surface area contributed by atoms with Crippen LogP contribution in [0.4, 0.5) is 5.82 Å². The number of nitrogens with zero attached hydrogens (tertiary/aromatic N) is 4. The topological polar surface area (TPSA) is 101 Å². The molecule has 0 unspecified atom stereocenters. The molecule has 5 rings (SSSR count). The quantitative estimate of drug-likeness (QED) is 0.484. The molecule has 1 aliphatic rings. The third kappa shape index (κ3) is 3.94. The maximum Gasteiger partial charge on any atom is 0.263 e. The van der Waals surface area contributed by atoms with Gasteiger partial charge < -0.3 is 14.6 Å². The highest BCUT2D eigenvalue weighted by atomic mass is 16.5. The number of ketones is 2. The van der Waals surface area contributed by atoms with Crippen molar-refractivity contribution in [1.29, 1.82) is 0 Å². The zero-order chi connectivity index (χ0) is 22.1. The number of H-pyrrole nitrogens is 1. The van der Waals surface area contributed by atoms with E-state index in [4.69, 9.17) is 4.74 Å². The van der Waals surface area contributed by atoms with Crippen molar-refractivity contribution in [2.75, 3.05) is 18.0 Å². The monoisotopic (exact) mass is 427 g/mol. The van der Waals surface area contributed by atoms with E-state index in [1.807, 2.05) is 36.1 Å². The molecule has 8 nitrogen and oxygen atoms in total. The highest BCUT2D eigenvalue weighted by molar-refractivity contribution is 6.08. The number of carbonyl (C=O) groups excluding carboxylic acids is 2. The molecule has 1 atom stereocenters. The Labute approximate surface area is 184 Å². The zero-order valence-electron chi connectivity index (χ0n) is 17.5. The number of aromatic amines is 1. The Balaban J connectivity index is 1.35. The van der Waals surface area contributed by atoms with E-state index in [0.29, 0.717) is 48.3 Å². The molecule has 0 saturated carbocycles. The number of benzene rings is 2. The van der Waals surface area contributed by atoms with Crippen LogP contribution in [0, 0.1) is 5.92 Å². The van der Waals surface area contributed by atoms with Crippen LogP contribution in [0.3, 0.4) is 0 Å². The molecular weight excluding hydrogens is 406 g/mol. The summed E-state index contributed by atoms with van der Waals surface area (Å²) in [4.78, 5) is 42.9. The van der Waals surface area contributed by atoms with Crippen molar-refractivity contribution in [3.05, 3.63) is 72.3 Å². The van der Waals surface area contributed by atoms with Crippen molar-refractivity contribution in [3.63, 3.8) is 0 Å². The first-order valence-electron chi connectivity index (χ1n) is 10.4. The highest BCUT2D eigenvalue weighted by Gasteiger charge is 2.26. The van der Waals surface area contributed by atoms with Crippen LogP contribution in [-0.4, -0.2) is 44.6 Å². The molecule has 3 heterocycles. The van der Waals surface area contributed by atoms with E-state index in [2.05, 4.69) is 19.9 Å². The third-order valence-corrected chi connectivity index (χ3v) is 5.36. The van der Waals surface area contributed by atoms with Crippen LogP contribution in [0.5, 0.6) is 11.6 Å². The number of hydrogen-bond donors (Lipinski definition) is 1. The van der Waals surface area contributed by atoms with Gasteiger partial charge >= 0.3 is 0 Å². The summed E-state index contributed by atoms with van der Waals surface area (Å²) in [5.41, 5.74) is 2.05. The summed E-state index contributed by atoms with van der Waals surface area (Å²) in [5, 5.41) is 0. The van der Waals surface area contributed by atoms with E-state index in [0.717, 1.165) is 11.0 Å². The Morgan fingerprint density at radius 2 is 1.88 bits per heavy atom. The highest BCUT2D eigenvalue weighted by Crippen LogP contribution is 2.30. The number of nitrogens with one attached hydrogen (secondary N) is 1. The first-order chi connectivity index (χ1) is 15.6. The SMILES string of the molecule is C[C@H]1CC(=O)CN(c2nccnc2Oc2ccc(C(=O)c3nc4ccccc4[nH]3)cc2)C1. The van der Waals surface area contributed by atoms with E-state index in [1.165, 1.54) is 0 Å². The lowest BCUT2D eigenvalue weighted by molar-refractivity contribution is -0.119. The molecule has 32 heavy (non-hydrogen) atoms. The molecule has 0 spiro atoms. The molecule has 1 N–H and O–H groups in total. The maximum atomic E-state index is 12.8. The van der Waals surface area contributed by atoms with E-state index in [1.54, 1.807) is 36.7 Å². The standard InChI is InChI=1S/C24H21N5O3/c1-15-12-17(30)14-29(13-15)23-24(26-11-10-25-23)32-18-8-6-16(7-9-18)21(31)22-27-19-4-2-3-5-20(19)28-22/h2-11,15H,12-14H2,1H3,(H,27,28)/t15-/m0/s1. The average molecular weight is 427 g/mol. The summed E-state index contributed by atoms with van der Waals surface area (Å²) in [6.07, 6.45) is 3.71. The minimum Gasteiger partial charge on any atom is -0.436 e. The fourth-order valence-corrected chi connectivity index (χ4v) is 3.92. The van der Waals surface area contributed by atoms with Gasteiger partial charge in [0.05, 0.1) is 17.6 Å². The van der Waals surface area contributed by atoms with Crippen molar-refractivity contribution < 1.29 is 14.3 Å². The molecule has 2 aromatic carbocycles. The minimum absolute atomic E-state index is 0.175. The zero-order valence-corrected chi connectivity index (χ0v) is 17.5. The number of ether oxygens (including phenoxy) is 1. The number of carbonyl (C=O) groups is 2. The van der Waals surface area contributed by atoms with Gasteiger partial charge in [0.1, 0.15) is 5.75 Å². The number of anilines is 1. The molecule has 160 valence electrons. The Hall–Kier alpha value is -4.07. The van der Waals surface area contributed by atoms with E-state index in [-0.39, 0.29) is 17.5 Å². The summed E-state index contributed by atoms with van der Waals surface area (Å²) in [6, 6.07) is 14.3. The van der Waals surface area contributed by atoms with Gasteiger partial charge in [0.2, 0.25) is 5.78 Å². The predicted molar refractivity (Wildman–Crippen MR) is 119 cm³/mol. The van der Waals surface area contributed by atoms with Gasteiger partial charge in [-0.1, -0.05) is 19.1 Å². The Morgan fingerprint density at radius 1 is 1.09 bits per heavy atom. The van der Waals surface area contributed by atoms with E-state index >= 15 is 0 Å². The number of aromatic nitrogens is 4. The summed E-state index contributed by atoms with van der Waals surface area (Å²) in [5.74, 6) is 1.89. The first-order valence-corrected chi connectivity index (χ1v) is 10.4. The number of rotatable bonds is 5. The second-order valence-corrected chi connectivity index (χ2v) is 7.97. The van der Waals surface area contributed by atoms with Crippen molar-refractivity contribution in [2.45, 2.75) is 13.3 Å². The lowest BCUT2D eigenvalue weighted by Gasteiger charge is -2.31. The predicted octanol–water partition coefficient (Wildman–Crippen LogP) is 3.79. The smallest absolute Gasteiger partial charge is 0.263 e. The van der Waals surface area contributed by atoms with Gasteiger partial charge in [-0.2, -0.15) is 0 Å². The first kappa shape index (κ1) is 19.9. The van der Waals surface area contributed by atoms with Crippen LogP contribution >= 0.6 is 0 Å². The number of fused-ring (bicyclic) bond motifs is 1. The summed E-state index contributed by atoms with van der Waals surface area (Å²) >= 11 is 0. The van der Waals surface area contributed by atoms with Gasteiger partial charge in [-0.05, 0) is 42.3 Å². The van der Waals surface area contributed by atoms with Crippen molar-refractivity contribution in [1.82, 2.24) is 19.9 Å². The maximum absolute atomic E-state index is 12.8. The Bertz CT molecular complexity index is 1270. The van der Waals surface area contributed by atoms with Gasteiger partial charge in [0, 0.05) is 30.9 Å². The molecule has 1 fully saturated rings. The molecule has 0 aliphatic carbocycles. The van der Waals surface area contributed by atoms with Gasteiger partial charge in [-0.25, -0.2) is 15.0 Å². The van der Waals surface area contributed by atoms with Crippen LogP contribution in [0.25, 0.3) is 11.0 Å². The number of piperidine rings is 1. The van der Waals surface area contributed by atoms with Crippen LogP contribution in [-0.2, 0) is 4.79 Å². The van der Waals surface area contributed by atoms with Crippen molar-refractivity contribution >= 4 is 28.4 Å². The largest absolute Gasteiger partial charge is 0.436 e. The van der Waals surface area contributed by atoms with Crippen LogP contribution in [0.2, 0.25) is 0 Å². The number of Topliss-reactive ketones (excluding diaryl/α,β-unsaturated/α-hetero) is 1. The molecule has 0 bridgehead atoms. The minimum atomic E-state index is -0.200. The molecule has 8 heteroatoms. The normalized spacial score (nSPS) is 16.3. The van der Waals surface area contributed by atoms with Crippen molar-refractivity contribution in [2.24, 2.45) is 5.92 Å². The average Bonchev–Trinajstić information content (AvgIpc) is 3.23. The van der Waals surface area contributed by atoms with Crippen LogP contribution < -0.4 is 9.64 Å². The molecule has 2 aromatic heterocycles. The summed E-state index contributed by atoms with van der Waals surface area (Å²) in [6.45, 7) is 3.05. The summed E-state index contributed by atoms with van der Waals surface area (Å²) in [7, 11) is 0. The van der Waals surface area contributed by atoms with E-state index in [9.17, 15) is 9.59 Å². The molecule has 1 aliphatic heterocycles.